The molecule has 4 heteroatoms. The molecule has 2 aromatic carbocycles. The third-order valence-corrected chi connectivity index (χ3v) is 2.84. The van der Waals surface area contributed by atoms with Gasteiger partial charge in [0.1, 0.15) is 5.75 Å². The van der Waals surface area contributed by atoms with Crippen LogP contribution in [0.5, 0.6) is 5.75 Å². The number of carbonyl (C=O) groups excluding carboxylic acids is 2. The quantitative estimate of drug-likeness (QED) is 0.638. The van der Waals surface area contributed by atoms with Crippen molar-refractivity contribution in [2.75, 3.05) is 6.61 Å². The summed E-state index contributed by atoms with van der Waals surface area (Å²) in [6, 6.07) is 13.6. The molecule has 108 valence electrons. The van der Waals surface area contributed by atoms with Crippen LogP contribution in [0.25, 0.3) is 0 Å². The summed E-state index contributed by atoms with van der Waals surface area (Å²) in [5.74, 6) is -0.669. The van der Waals surface area contributed by atoms with E-state index in [9.17, 15) is 9.59 Å². The van der Waals surface area contributed by atoms with Gasteiger partial charge < -0.3 is 9.47 Å². The molecule has 0 aliphatic heterocycles. The van der Waals surface area contributed by atoms with Gasteiger partial charge in [0.2, 0.25) is 0 Å². The van der Waals surface area contributed by atoms with E-state index in [-0.39, 0.29) is 17.7 Å². The summed E-state index contributed by atoms with van der Waals surface area (Å²) in [5.41, 5.74) is 1.38. The maximum Gasteiger partial charge on any atom is 0.344 e. The summed E-state index contributed by atoms with van der Waals surface area (Å²) in [6.45, 7) is 3.87. The van der Waals surface area contributed by atoms with Gasteiger partial charge in [-0.15, -0.1) is 0 Å². The summed E-state index contributed by atoms with van der Waals surface area (Å²) in [4.78, 5) is 24.1. The average Bonchev–Trinajstić information content (AvgIpc) is 2.47. The zero-order valence-corrected chi connectivity index (χ0v) is 12.0. The van der Waals surface area contributed by atoms with Gasteiger partial charge in [-0.25, -0.2) is 9.59 Å². The van der Waals surface area contributed by atoms with E-state index in [0.717, 1.165) is 5.56 Å². The molecule has 0 radical (unpaired) electrons. The Kier molecular flexibility index (Phi) is 4.72. The Bertz CT molecular complexity index is 661. The van der Waals surface area contributed by atoms with Gasteiger partial charge >= 0.3 is 11.9 Å². The molecule has 0 N–H and O–H groups in total. The third kappa shape index (κ3) is 3.69. The highest BCUT2D eigenvalue weighted by Gasteiger charge is 2.19. The molecule has 0 aliphatic rings. The van der Waals surface area contributed by atoms with Crippen LogP contribution >= 0.6 is 0 Å². The highest BCUT2D eigenvalue weighted by atomic mass is 16.5. The fraction of sp³-hybridized carbons (Fsp3) is 0.176. The van der Waals surface area contributed by atoms with Crippen molar-refractivity contribution in [2.24, 2.45) is 0 Å². The minimum Gasteiger partial charge on any atom is -0.462 e. The Balaban J connectivity index is 2.25. The van der Waals surface area contributed by atoms with Crippen LogP contribution in [0.1, 0.15) is 33.2 Å². The molecule has 0 saturated heterocycles. The van der Waals surface area contributed by atoms with E-state index in [1.807, 2.05) is 13.0 Å². The number of hydrogen-bond donors (Lipinski definition) is 0. The number of ether oxygens (including phenoxy) is 2. The van der Waals surface area contributed by atoms with Gasteiger partial charge in [-0.1, -0.05) is 24.3 Å². The van der Waals surface area contributed by atoms with Crippen LogP contribution in [0.2, 0.25) is 0 Å². The van der Waals surface area contributed by atoms with Crippen molar-refractivity contribution >= 4 is 11.9 Å². The first-order valence-corrected chi connectivity index (χ1v) is 6.67. The first-order chi connectivity index (χ1) is 10.1. The topological polar surface area (TPSA) is 52.6 Å². The van der Waals surface area contributed by atoms with E-state index >= 15 is 0 Å². The standard InChI is InChI=1S/C17H16O4/c1-3-20-16(18)14-9-4-5-10-15(14)17(19)21-13-8-6-7-12(2)11-13/h4-11H,3H2,1-2H3. The first-order valence-electron chi connectivity index (χ1n) is 6.67. The van der Waals surface area contributed by atoms with Crippen molar-refractivity contribution in [1.82, 2.24) is 0 Å². The van der Waals surface area contributed by atoms with Gasteiger partial charge in [0.15, 0.2) is 0 Å². The second kappa shape index (κ2) is 6.70. The molecule has 0 fully saturated rings. The van der Waals surface area contributed by atoms with Gasteiger partial charge in [-0.2, -0.15) is 0 Å². The minimum absolute atomic E-state index is 0.192. The maximum absolute atomic E-state index is 12.2. The number of hydrogen-bond acceptors (Lipinski definition) is 4. The highest BCUT2D eigenvalue weighted by Crippen LogP contribution is 2.17. The highest BCUT2D eigenvalue weighted by molar-refractivity contribution is 6.03. The predicted molar refractivity (Wildman–Crippen MR) is 78.5 cm³/mol. The van der Waals surface area contributed by atoms with Gasteiger partial charge in [-0.05, 0) is 43.7 Å². The summed E-state index contributed by atoms with van der Waals surface area (Å²) in [6.07, 6.45) is 0. The second-order valence-corrected chi connectivity index (χ2v) is 4.47. The largest absolute Gasteiger partial charge is 0.462 e. The van der Waals surface area contributed by atoms with Gasteiger partial charge in [0, 0.05) is 0 Å². The molecule has 0 saturated carbocycles. The van der Waals surface area contributed by atoms with Crippen molar-refractivity contribution < 1.29 is 19.1 Å². The summed E-state index contributed by atoms with van der Waals surface area (Å²) in [7, 11) is 0. The monoisotopic (exact) mass is 284 g/mol. The van der Waals surface area contributed by atoms with E-state index in [4.69, 9.17) is 9.47 Å². The molecule has 2 aromatic rings. The molecule has 0 amide bonds. The molecule has 0 aliphatic carbocycles. The summed E-state index contributed by atoms with van der Waals surface area (Å²) < 4.78 is 10.2. The van der Waals surface area contributed by atoms with E-state index in [1.54, 1.807) is 49.4 Å². The van der Waals surface area contributed by atoms with E-state index in [2.05, 4.69) is 0 Å². The van der Waals surface area contributed by atoms with Crippen molar-refractivity contribution in [3.8, 4) is 5.75 Å². The third-order valence-electron chi connectivity index (χ3n) is 2.84. The normalized spacial score (nSPS) is 10.0. The Hall–Kier alpha value is -2.62. The minimum atomic E-state index is -0.579. The lowest BCUT2D eigenvalue weighted by atomic mass is 10.1. The molecule has 0 atom stereocenters. The number of esters is 2. The Morgan fingerprint density at radius 1 is 0.952 bits per heavy atom. The summed E-state index contributed by atoms with van der Waals surface area (Å²) >= 11 is 0. The van der Waals surface area contributed by atoms with Crippen LogP contribution < -0.4 is 4.74 Å². The van der Waals surface area contributed by atoms with Gasteiger partial charge in [0.05, 0.1) is 17.7 Å². The Morgan fingerprint density at radius 3 is 2.24 bits per heavy atom. The Morgan fingerprint density at radius 2 is 1.62 bits per heavy atom. The fourth-order valence-electron chi connectivity index (χ4n) is 1.89. The molecule has 0 heterocycles. The fourth-order valence-corrected chi connectivity index (χ4v) is 1.89. The van der Waals surface area contributed by atoms with Crippen molar-refractivity contribution in [1.29, 1.82) is 0 Å². The molecular formula is C17H16O4. The summed E-state index contributed by atoms with van der Waals surface area (Å²) in [5, 5.41) is 0. The van der Waals surface area contributed by atoms with Crippen LogP contribution in [0.4, 0.5) is 0 Å². The van der Waals surface area contributed by atoms with Gasteiger partial charge in [0.25, 0.3) is 0 Å². The molecule has 4 nitrogen and oxygen atoms in total. The van der Waals surface area contributed by atoms with Crippen LogP contribution in [-0.4, -0.2) is 18.5 Å². The van der Waals surface area contributed by atoms with Crippen LogP contribution in [-0.2, 0) is 4.74 Å². The molecule has 0 bridgehead atoms. The maximum atomic E-state index is 12.2. The zero-order valence-electron chi connectivity index (χ0n) is 12.0. The molecule has 0 unspecified atom stereocenters. The average molecular weight is 284 g/mol. The number of aryl methyl sites for hydroxylation is 1. The first kappa shape index (κ1) is 14.8. The lowest BCUT2D eigenvalue weighted by Crippen LogP contribution is -2.15. The molecular weight excluding hydrogens is 268 g/mol. The van der Waals surface area contributed by atoms with Gasteiger partial charge in [-0.3, -0.25) is 0 Å². The molecule has 2 rings (SSSR count). The molecule has 0 aromatic heterocycles. The second-order valence-electron chi connectivity index (χ2n) is 4.47. The zero-order chi connectivity index (χ0) is 15.2. The van der Waals surface area contributed by atoms with Crippen LogP contribution in [0, 0.1) is 6.92 Å². The molecule has 21 heavy (non-hydrogen) atoms. The van der Waals surface area contributed by atoms with Crippen LogP contribution in [0.15, 0.2) is 48.5 Å². The van der Waals surface area contributed by atoms with Crippen molar-refractivity contribution in [3.63, 3.8) is 0 Å². The lowest BCUT2D eigenvalue weighted by molar-refractivity contribution is 0.0517. The Labute approximate surface area is 123 Å². The molecule has 0 spiro atoms. The predicted octanol–water partition coefficient (Wildman–Crippen LogP) is 3.39. The van der Waals surface area contributed by atoms with Crippen LogP contribution in [0.3, 0.4) is 0 Å². The number of rotatable bonds is 4. The SMILES string of the molecule is CCOC(=O)c1ccccc1C(=O)Oc1cccc(C)c1. The van der Waals surface area contributed by atoms with Crippen molar-refractivity contribution in [3.05, 3.63) is 65.2 Å². The van der Waals surface area contributed by atoms with E-state index < -0.39 is 11.9 Å². The van der Waals surface area contributed by atoms with E-state index in [0.29, 0.717) is 5.75 Å². The number of carbonyl (C=O) groups is 2. The number of benzene rings is 2. The van der Waals surface area contributed by atoms with E-state index in [1.165, 1.54) is 0 Å². The smallest absolute Gasteiger partial charge is 0.344 e. The van der Waals surface area contributed by atoms with Crippen molar-refractivity contribution in [2.45, 2.75) is 13.8 Å². The lowest BCUT2D eigenvalue weighted by Gasteiger charge is -2.09.